The second-order valence-corrected chi connectivity index (χ2v) is 6.41. The number of rotatable bonds is 8. The van der Waals surface area contributed by atoms with E-state index >= 15 is 0 Å². The number of nitrogen functional groups attached to an aromatic ring is 1. The highest BCUT2D eigenvalue weighted by Crippen LogP contribution is 2.16. The molecule has 0 atom stereocenters. The summed E-state index contributed by atoms with van der Waals surface area (Å²) < 4.78 is 5.33. The summed E-state index contributed by atoms with van der Waals surface area (Å²) in [4.78, 5) is 26.4. The Morgan fingerprint density at radius 3 is 2.21 bits per heavy atom. The van der Waals surface area contributed by atoms with E-state index in [-0.39, 0.29) is 11.7 Å². The third kappa shape index (κ3) is 5.90. The summed E-state index contributed by atoms with van der Waals surface area (Å²) in [6, 6.07) is 13.2. The zero-order valence-electron chi connectivity index (χ0n) is 16.6. The quantitative estimate of drug-likeness (QED) is 0.179. The average molecular weight is 391 g/mol. The lowest BCUT2D eigenvalue weighted by molar-refractivity contribution is -0.126. The first-order valence-corrected chi connectivity index (χ1v) is 9.20. The first-order chi connectivity index (χ1) is 13.8. The van der Waals surface area contributed by atoms with Gasteiger partial charge in [-0.15, -0.1) is 6.58 Å². The maximum atomic E-state index is 12.4. The van der Waals surface area contributed by atoms with E-state index in [4.69, 9.17) is 15.9 Å². The van der Waals surface area contributed by atoms with Crippen molar-refractivity contribution in [2.45, 2.75) is 13.8 Å². The zero-order chi connectivity index (χ0) is 21.4. The van der Waals surface area contributed by atoms with Crippen LogP contribution in [-0.4, -0.2) is 35.7 Å². The molecule has 6 heteroatoms. The van der Waals surface area contributed by atoms with Crippen LogP contribution in [0.15, 0.2) is 66.8 Å². The summed E-state index contributed by atoms with van der Waals surface area (Å²) in [6.45, 7) is 8.46. The van der Waals surface area contributed by atoms with Gasteiger partial charge in [-0.25, -0.2) is 4.79 Å². The minimum absolute atomic E-state index is 0.0492. The Hall–Kier alpha value is -3.67. The van der Waals surface area contributed by atoms with Crippen LogP contribution in [0.25, 0.3) is 6.08 Å². The van der Waals surface area contributed by atoms with Gasteiger partial charge in [0.2, 0.25) is 5.91 Å². The molecule has 0 saturated carbocycles. The number of esters is 1. The van der Waals surface area contributed by atoms with Gasteiger partial charge in [0.15, 0.2) is 0 Å². The lowest BCUT2D eigenvalue weighted by Crippen LogP contribution is -2.31. The fourth-order valence-electron chi connectivity index (χ4n) is 2.66. The van der Waals surface area contributed by atoms with Crippen molar-refractivity contribution in [2.24, 2.45) is 5.73 Å². The van der Waals surface area contributed by atoms with Gasteiger partial charge in [0.1, 0.15) is 11.6 Å². The smallest absolute Gasteiger partial charge is 0.343 e. The Labute approximate surface area is 170 Å². The summed E-state index contributed by atoms with van der Waals surface area (Å²) in [5.74, 6) is -0.226. The van der Waals surface area contributed by atoms with Gasteiger partial charge in [-0.2, -0.15) is 0 Å². The maximum absolute atomic E-state index is 12.4. The molecule has 0 bridgehead atoms. The Bertz CT molecular complexity index is 929. The maximum Gasteiger partial charge on any atom is 0.343 e. The van der Waals surface area contributed by atoms with Crippen molar-refractivity contribution in [3.05, 3.63) is 83.4 Å². The van der Waals surface area contributed by atoms with E-state index in [2.05, 4.69) is 6.58 Å². The topological polar surface area (TPSA) is 96.5 Å². The molecule has 6 nitrogen and oxygen atoms in total. The monoisotopic (exact) mass is 391 g/mol. The molecule has 0 saturated heterocycles. The molecule has 2 rings (SSSR count). The van der Waals surface area contributed by atoms with E-state index in [1.807, 2.05) is 6.92 Å². The molecule has 0 aromatic heterocycles. The first kappa shape index (κ1) is 21.6. The number of hydrogen-bond acceptors (Lipinski definition) is 4. The molecule has 1 amide bonds. The molecule has 0 heterocycles. The number of nitrogens with one attached hydrogen (secondary N) is 1. The van der Waals surface area contributed by atoms with Crippen molar-refractivity contribution in [1.29, 1.82) is 5.41 Å². The third-order valence-corrected chi connectivity index (χ3v) is 4.26. The van der Waals surface area contributed by atoms with Crippen LogP contribution in [0.1, 0.15) is 35.3 Å². The van der Waals surface area contributed by atoms with Gasteiger partial charge in [-0.05, 0) is 61.9 Å². The van der Waals surface area contributed by atoms with E-state index in [0.717, 1.165) is 5.56 Å². The highest BCUT2D eigenvalue weighted by molar-refractivity contribution is 5.98. The molecule has 150 valence electrons. The average Bonchev–Trinajstić information content (AvgIpc) is 2.72. The van der Waals surface area contributed by atoms with Crippen molar-refractivity contribution in [3.8, 4) is 5.75 Å². The van der Waals surface area contributed by atoms with E-state index < -0.39 is 5.97 Å². The lowest BCUT2D eigenvalue weighted by Gasteiger charge is -2.19. The highest BCUT2D eigenvalue weighted by atomic mass is 16.5. The minimum Gasteiger partial charge on any atom is -0.423 e. The number of likely N-dealkylation sites (N-methyl/N-ethyl adjacent to an activating group) is 1. The lowest BCUT2D eigenvalue weighted by atomic mass is 10.1. The molecule has 3 N–H and O–H groups in total. The Balaban J connectivity index is 2.06. The van der Waals surface area contributed by atoms with Crippen molar-refractivity contribution in [2.75, 3.05) is 13.1 Å². The number of amides is 1. The summed E-state index contributed by atoms with van der Waals surface area (Å²) in [6.07, 6.45) is 3.48. The largest absolute Gasteiger partial charge is 0.423 e. The molecule has 0 aliphatic heterocycles. The van der Waals surface area contributed by atoms with Gasteiger partial charge >= 0.3 is 5.97 Å². The van der Waals surface area contributed by atoms with Gasteiger partial charge < -0.3 is 15.4 Å². The van der Waals surface area contributed by atoms with Crippen LogP contribution in [0.3, 0.4) is 0 Å². The summed E-state index contributed by atoms with van der Waals surface area (Å²) >= 11 is 0. The van der Waals surface area contributed by atoms with E-state index in [1.165, 1.54) is 0 Å². The van der Waals surface area contributed by atoms with Crippen LogP contribution in [0, 0.1) is 5.41 Å². The summed E-state index contributed by atoms with van der Waals surface area (Å²) in [7, 11) is 0. The van der Waals surface area contributed by atoms with Crippen molar-refractivity contribution in [3.63, 3.8) is 0 Å². The first-order valence-electron chi connectivity index (χ1n) is 9.20. The molecule has 0 unspecified atom stereocenters. The second kappa shape index (κ2) is 10.0. The Kier molecular flexibility index (Phi) is 7.48. The number of hydrogen-bond donors (Lipinski definition) is 2. The Morgan fingerprint density at radius 2 is 1.69 bits per heavy atom. The zero-order valence-corrected chi connectivity index (χ0v) is 16.6. The number of amidine groups is 1. The molecular weight excluding hydrogens is 366 g/mol. The fourth-order valence-corrected chi connectivity index (χ4v) is 2.66. The van der Waals surface area contributed by atoms with E-state index in [1.54, 1.807) is 72.5 Å². The van der Waals surface area contributed by atoms with Crippen LogP contribution in [0.4, 0.5) is 0 Å². The number of carbonyl (C=O) groups is 2. The standard InChI is InChI=1S/C23H25N3O3/c1-4-14-26(5-2)22(27)16(3)15-17-6-8-19(9-7-17)23(28)29-20-12-10-18(11-13-20)21(24)25/h4,6-13,15H,1,5,14H2,2-3H3,(H3,24,25). The molecule has 0 fully saturated rings. The third-order valence-electron chi connectivity index (χ3n) is 4.26. The molecule has 0 spiro atoms. The Morgan fingerprint density at radius 1 is 1.10 bits per heavy atom. The van der Waals surface area contributed by atoms with Gasteiger partial charge in [0.05, 0.1) is 5.56 Å². The molecule has 29 heavy (non-hydrogen) atoms. The summed E-state index contributed by atoms with van der Waals surface area (Å²) in [5, 5.41) is 7.37. The molecular formula is C23H25N3O3. The van der Waals surface area contributed by atoms with Gasteiger partial charge in [0, 0.05) is 24.2 Å². The SMILES string of the molecule is C=CCN(CC)C(=O)C(C)=Cc1ccc(C(=O)Oc2ccc(C(=N)N)cc2)cc1. The van der Waals surface area contributed by atoms with Crippen LogP contribution in [-0.2, 0) is 4.79 Å². The van der Waals surface area contributed by atoms with Crippen LogP contribution < -0.4 is 10.5 Å². The van der Waals surface area contributed by atoms with Crippen LogP contribution in [0.5, 0.6) is 5.75 Å². The normalized spacial score (nSPS) is 10.9. The minimum atomic E-state index is -0.493. The predicted molar refractivity (Wildman–Crippen MR) is 115 cm³/mol. The number of benzene rings is 2. The van der Waals surface area contributed by atoms with E-state index in [9.17, 15) is 9.59 Å². The number of nitrogens with zero attached hydrogens (tertiary/aromatic N) is 1. The highest BCUT2D eigenvalue weighted by Gasteiger charge is 2.13. The molecule has 2 aromatic rings. The molecule has 0 radical (unpaired) electrons. The molecule has 0 aliphatic carbocycles. The van der Waals surface area contributed by atoms with Crippen molar-refractivity contribution in [1.82, 2.24) is 4.90 Å². The van der Waals surface area contributed by atoms with Gasteiger partial charge in [0.25, 0.3) is 0 Å². The fraction of sp³-hybridized carbons (Fsp3) is 0.174. The second-order valence-electron chi connectivity index (χ2n) is 6.41. The van der Waals surface area contributed by atoms with Crippen LogP contribution >= 0.6 is 0 Å². The van der Waals surface area contributed by atoms with E-state index in [0.29, 0.717) is 35.5 Å². The van der Waals surface area contributed by atoms with Crippen molar-refractivity contribution >= 4 is 23.8 Å². The van der Waals surface area contributed by atoms with Gasteiger partial charge in [-0.1, -0.05) is 18.2 Å². The predicted octanol–water partition coefficient (Wildman–Crippen LogP) is 3.63. The number of nitrogens with two attached hydrogens (primary N) is 1. The van der Waals surface area contributed by atoms with Crippen molar-refractivity contribution < 1.29 is 14.3 Å². The molecule has 0 aliphatic rings. The number of carbonyl (C=O) groups excluding carboxylic acids is 2. The summed E-state index contributed by atoms with van der Waals surface area (Å²) in [5.41, 5.74) is 7.77. The van der Waals surface area contributed by atoms with Crippen LogP contribution in [0.2, 0.25) is 0 Å². The number of ether oxygens (including phenoxy) is 1. The molecule has 2 aromatic carbocycles. The van der Waals surface area contributed by atoms with Gasteiger partial charge in [-0.3, -0.25) is 10.2 Å².